The van der Waals surface area contributed by atoms with Crippen molar-refractivity contribution in [2.75, 3.05) is 13.2 Å². The maximum absolute atomic E-state index is 13.1. The predicted octanol–water partition coefficient (Wildman–Crippen LogP) is 2.07. The Kier molecular flexibility index (Phi) is 4.75. The van der Waals surface area contributed by atoms with E-state index in [4.69, 9.17) is 0 Å². The van der Waals surface area contributed by atoms with E-state index in [2.05, 4.69) is 5.10 Å². The number of aromatic nitrogens is 2. The van der Waals surface area contributed by atoms with Crippen molar-refractivity contribution in [3.8, 4) is 0 Å². The molecule has 0 bridgehead atoms. The maximum atomic E-state index is 13.1. The fraction of sp³-hybridized carbons (Fsp3) is 0.438. The van der Waals surface area contributed by atoms with Crippen LogP contribution in [-0.4, -0.2) is 33.2 Å². The summed E-state index contributed by atoms with van der Waals surface area (Å²) in [4.78, 5) is 0. The second-order valence-electron chi connectivity index (χ2n) is 5.66. The van der Waals surface area contributed by atoms with Gasteiger partial charge in [0.1, 0.15) is 5.82 Å². The van der Waals surface area contributed by atoms with Crippen LogP contribution in [-0.2, 0) is 11.8 Å². The van der Waals surface area contributed by atoms with E-state index in [9.17, 15) is 14.6 Å². The smallest absolute Gasteiger partial charge is 0.123 e. The quantitative estimate of drug-likeness (QED) is 0.857. The molecule has 21 heavy (non-hydrogen) atoms. The highest BCUT2D eigenvalue weighted by Crippen LogP contribution is 2.28. The highest BCUT2D eigenvalue weighted by atomic mass is 19.1. The first-order valence-electron chi connectivity index (χ1n) is 7.02. The monoisotopic (exact) mass is 292 g/mol. The van der Waals surface area contributed by atoms with Gasteiger partial charge in [-0.25, -0.2) is 4.39 Å². The van der Waals surface area contributed by atoms with Crippen LogP contribution in [0.1, 0.15) is 31.1 Å². The predicted molar refractivity (Wildman–Crippen MR) is 78.6 cm³/mol. The van der Waals surface area contributed by atoms with Crippen LogP contribution in [0.2, 0.25) is 0 Å². The number of aliphatic hydroxyl groups excluding tert-OH is 2. The number of benzene rings is 1. The van der Waals surface area contributed by atoms with Crippen LogP contribution < -0.4 is 0 Å². The number of hydrogen-bond acceptors (Lipinski definition) is 3. The minimum atomic E-state index is -0.857. The van der Waals surface area contributed by atoms with Crippen LogP contribution in [0.25, 0.3) is 0 Å². The van der Waals surface area contributed by atoms with Crippen LogP contribution in [0.15, 0.2) is 36.5 Å². The van der Waals surface area contributed by atoms with Crippen molar-refractivity contribution in [3.05, 3.63) is 53.6 Å². The Balaban J connectivity index is 2.30. The zero-order valence-corrected chi connectivity index (χ0v) is 12.3. The summed E-state index contributed by atoms with van der Waals surface area (Å²) in [5, 5.41) is 24.0. The third-order valence-electron chi connectivity index (χ3n) is 3.77. The van der Waals surface area contributed by atoms with Crippen LogP contribution in [0, 0.1) is 5.82 Å². The topological polar surface area (TPSA) is 58.3 Å². The van der Waals surface area contributed by atoms with Crippen LogP contribution >= 0.6 is 0 Å². The first-order valence-corrected chi connectivity index (χ1v) is 7.02. The molecular weight excluding hydrogens is 271 g/mol. The third kappa shape index (κ3) is 3.31. The lowest BCUT2D eigenvalue weighted by atomic mass is 9.78. The maximum Gasteiger partial charge on any atom is 0.123 e. The summed E-state index contributed by atoms with van der Waals surface area (Å²) >= 11 is 0. The van der Waals surface area contributed by atoms with Gasteiger partial charge in [0.05, 0.1) is 18.9 Å². The molecule has 1 aromatic heterocycles. The van der Waals surface area contributed by atoms with Gasteiger partial charge in [-0.3, -0.25) is 4.68 Å². The van der Waals surface area contributed by atoms with Crippen molar-refractivity contribution in [2.45, 2.75) is 31.7 Å². The van der Waals surface area contributed by atoms with Crippen molar-refractivity contribution in [3.63, 3.8) is 0 Å². The molecule has 2 N–H and O–H groups in total. The third-order valence-corrected chi connectivity index (χ3v) is 3.77. The largest absolute Gasteiger partial charge is 0.395 e. The van der Waals surface area contributed by atoms with Crippen LogP contribution in [0.4, 0.5) is 4.39 Å². The Labute approximate surface area is 123 Å². The summed E-state index contributed by atoms with van der Waals surface area (Å²) in [6.07, 6.45) is 2.27. The molecule has 114 valence electrons. The minimum Gasteiger partial charge on any atom is -0.395 e. The molecule has 5 heteroatoms. The number of rotatable bonds is 6. The molecule has 0 saturated carbocycles. The lowest BCUT2D eigenvalue weighted by Gasteiger charge is -2.29. The Hall–Kier alpha value is -1.72. The molecule has 0 spiro atoms. The molecule has 2 aromatic rings. The van der Waals surface area contributed by atoms with Gasteiger partial charge in [0.2, 0.25) is 0 Å². The summed E-state index contributed by atoms with van der Waals surface area (Å²) < 4.78 is 14.9. The average molecular weight is 292 g/mol. The molecule has 1 heterocycles. The molecule has 4 nitrogen and oxygen atoms in total. The van der Waals surface area contributed by atoms with E-state index in [1.54, 1.807) is 12.1 Å². The van der Waals surface area contributed by atoms with E-state index in [-0.39, 0.29) is 25.1 Å². The molecule has 1 aromatic carbocycles. The Morgan fingerprint density at radius 3 is 2.24 bits per heavy atom. The summed E-state index contributed by atoms with van der Waals surface area (Å²) in [6, 6.07) is 8.00. The number of nitrogens with zero attached hydrogens (tertiary/aromatic N) is 2. The molecule has 0 aliphatic rings. The van der Waals surface area contributed by atoms with Crippen molar-refractivity contribution >= 4 is 0 Å². The van der Waals surface area contributed by atoms with Crippen LogP contribution in [0.3, 0.4) is 0 Å². The SMILES string of the molecule is CC(C)n1ccc(CC(CO)(CO)c2ccc(F)cc2)n1. The van der Waals surface area contributed by atoms with Gasteiger partial charge in [-0.2, -0.15) is 5.10 Å². The molecule has 0 radical (unpaired) electrons. The van der Waals surface area contributed by atoms with Gasteiger partial charge in [0.15, 0.2) is 0 Å². The highest BCUT2D eigenvalue weighted by molar-refractivity contribution is 5.28. The van der Waals surface area contributed by atoms with Gasteiger partial charge in [-0.15, -0.1) is 0 Å². The molecule has 0 amide bonds. The first kappa shape index (κ1) is 15.7. The molecule has 0 unspecified atom stereocenters. The van der Waals surface area contributed by atoms with Crippen molar-refractivity contribution in [1.29, 1.82) is 0 Å². The Morgan fingerprint density at radius 1 is 1.14 bits per heavy atom. The molecule has 0 aliphatic heterocycles. The number of aliphatic hydroxyl groups is 2. The number of hydrogen-bond donors (Lipinski definition) is 2. The van der Waals surface area contributed by atoms with Gasteiger partial charge in [0, 0.05) is 24.1 Å². The Morgan fingerprint density at radius 2 is 1.76 bits per heavy atom. The van der Waals surface area contributed by atoms with Gasteiger partial charge in [0.25, 0.3) is 0 Å². The zero-order chi connectivity index (χ0) is 15.5. The van der Waals surface area contributed by atoms with E-state index >= 15 is 0 Å². The summed E-state index contributed by atoms with van der Waals surface area (Å²) in [5.74, 6) is -0.340. The average Bonchev–Trinajstić information content (AvgIpc) is 2.94. The van der Waals surface area contributed by atoms with E-state index in [0.717, 1.165) is 5.69 Å². The van der Waals surface area contributed by atoms with Crippen molar-refractivity contribution in [1.82, 2.24) is 9.78 Å². The van der Waals surface area contributed by atoms with E-state index < -0.39 is 5.41 Å². The second kappa shape index (κ2) is 6.37. The molecule has 0 aliphatic carbocycles. The molecule has 0 saturated heterocycles. The van der Waals surface area contributed by atoms with Gasteiger partial charge in [-0.1, -0.05) is 12.1 Å². The zero-order valence-electron chi connectivity index (χ0n) is 12.3. The van der Waals surface area contributed by atoms with E-state index in [1.165, 1.54) is 12.1 Å². The van der Waals surface area contributed by atoms with Crippen molar-refractivity contribution < 1.29 is 14.6 Å². The van der Waals surface area contributed by atoms with E-state index in [1.807, 2.05) is 30.8 Å². The van der Waals surface area contributed by atoms with Crippen LogP contribution in [0.5, 0.6) is 0 Å². The van der Waals surface area contributed by atoms with Gasteiger partial charge < -0.3 is 10.2 Å². The Bertz CT molecular complexity index is 574. The normalized spacial score (nSPS) is 12.1. The first-order chi connectivity index (χ1) is 10.0. The summed E-state index contributed by atoms with van der Waals surface area (Å²) in [6.45, 7) is 3.59. The van der Waals surface area contributed by atoms with E-state index in [0.29, 0.717) is 12.0 Å². The van der Waals surface area contributed by atoms with Gasteiger partial charge >= 0.3 is 0 Å². The second-order valence-corrected chi connectivity index (χ2v) is 5.66. The number of halogens is 1. The lowest BCUT2D eigenvalue weighted by Crippen LogP contribution is -2.37. The molecule has 0 fully saturated rings. The standard InChI is InChI=1S/C16H21FN2O2/c1-12(2)19-8-7-15(18-19)9-16(10-20,11-21)13-3-5-14(17)6-4-13/h3-8,12,20-21H,9-11H2,1-2H3. The fourth-order valence-electron chi connectivity index (χ4n) is 2.36. The fourth-order valence-corrected chi connectivity index (χ4v) is 2.36. The summed E-state index contributed by atoms with van der Waals surface area (Å²) in [5.41, 5.74) is 0.633. The lowest BCUT2D eigenvalue weighted by molar-refractivity contribution is 0.115. The minimum absolute atomic E-state index is 0.232. The van der Waals surface area contributed by atoms with Crippen molar-refractivity contribution in [2.24, 2.45) is 0 Å². The van der Waals surface area contributed by atoms with Gasteiger partial charge in [-0.05, 0) is 37.6 Å². The molecule has 0 atom stereocenters. The highest BCUT2D eigenvalue weighted by Gasteiger charge is 2.32. The summed E-state index contributed by atoms with van der Waals surface area (Å²) in [7, 11) is 0. The molecule has 2 rings (SSSR count). The molecular formula is C16H21FN2O2.